The molecule has 0 bridgehead atoms. The lowest BCUT2D eigenvalue weighted by Crippen LogP contribution is -2.42. The smallest absolute Gasteiger partial charge is 0.339 e. The van der Waals surface area contributed by atoms with Gasteiger partial charge in [0.1, 0.15) is 17.1 Å². The predicted molar refractivity (Wildman–Crippen MR) is 64.9 cm³/mol. The maximum atomic E-state index is 10.9. The number of aromatic carboxylic acids is 1. The van der Waals surface area contributed by atoms with Crippen molar-refractivity contribution in [3.8, 4) is 11.5 Å². The molecule has 1 aliphatic heterocycles. The van der Waals surface area contributed by atoms with E-state index in [-0.39, 0.29) is 11.3 Å². The van der Waals surface area contributed by atoms with Crippen LogP contribution in [0.4, 0.5) is 0 Å². The minimum Gasteiger partial charge on any atom is -0.507 e. The van der Waals surface area contributed by atoms with Crippen LogP contribution in [-0.2, 0) is 6.54 Å². The van der Waals surface area contributed by atoms with Crippen molar-refractivity contribution in [3.05, 3.63) is 23.3 Å². The molecule has 98 valence electrons. The highest BCUT2D eigenvalue weighted by Crippen LogP contribution is 2.28. The van der Waals surface area contributed by atoms with Gasteiger partial charge in [-0.2, -0.15) is 0 Å². The molecule has 1 heterocycles. The molecule has 1 fully saturated rings. The van der Waals surface area contributed by atoms with E-state index in [0.29, 0.717) is 12.1 Å². The molecule has 1 aromatic carbocycles. The van der Waals surface area contributed by atoms with E-state index in [1.165, 1.54) is 6.07 Å². The topological polar surface area (TPSA) is 93.0 Å². The molecule has 0 saturated carbocycles. The van der Waals surface area contributed by atoms with E-state index in [1.807, 2.05) is 0 Å². The summed E-state index contributed by atoms with van der Waals surface area (Å²) in [6.07, 6.45) is 0. The SMILES string of the molecule is O=C(O)c1cc(CN2CCNCC2)c(O)cc1O. The molecule has 0 radical (unpaired) electrons. The molecule has 4 N–H and O–H groups in total. The van der Waals surface area contributed by atoms with Gasteiger partial charge in [-0.05, 0) is 6.07 Å². The Morgan fingerprint density at radius 1 is 1.22 bits per heavy atom. The zero-order chi connectivity index (χ0) is 13.1. The third-order valence-electron chi connectivity index (χ3n) is 3.03. The van der Waals surface area contributed by atoms with E-state index in [1.54, 1.807) is 0 Å². The number of aromatic hydroxyl groups is 2. The second-order valence-corrected chi connectivity index (χ2v) is 4.33. The summed E-state index contributed by atoms with van der Waals surface area (Å²) < 4.78 is 0. The number of rotatable bonds is 3. The van der Waals surface area contributed by atoms with E-state index >= 15 is 0 Å². The number of phenolic OH excluding ortho intramolecular Hbond substituents is 1. The van der Waals surface area contributed by atoms with Crippen LogP contribution in [0.15, 0.2) is 12.1 Å². The van der Waals surface area contributed by atoms with E-state index in [4.69, 9.17) is 5.11 Å². The molecule has 0 unspecified atom stereocenters. The minimum absolute atomic E-state index is 0.0731. The third-order valence-corrected chi connectivity index (χ3v) is 3.03. The molecule has 6 heteroatoms. The Kier molecular flexibility index (Phi) is 3.69. The van der Waals surface area contributed by atoms with Crippen molar-refractivity contribution in [2.75, 3.05) is 26.2 Å². The number of carboxylic acids is 1. The Morgan fingerprint density at radius 2 is 1.89 bits per heavy atom. The van der Waals surface area contributed by atoms with Gasteiger partial charge in [0.15, 0.2) is 0 Å². The van der Waals surface area contributed by atoms with Crippen LogP contribution in [0.2, 0.25) is 0 Å². The number of nitrogens with one attached hydrogen (secondary N) is 1. The number of hydrogen-bond acceptors (Lipinski definition) is 5. The number of carboxylic acid groups (broad SMARTS) is 1. The molecule has 0 atom stereocenters. The Hall–Kier alpha value is -1.79. The number of benzene rings is 1. The van der Waals surface area contributed by atoms with Crippen molar-refractivity contribution < 1.29 is 20.1 Å². The van der Waals surface area contributed by atoms with Crippen molar-refractivity contribution in [1.29, 1.82) is 0 Å². The highest BCUT2D eigenvalue weighted by atomic mass is 16.4. The van der Waals surface area contributed by atoms with Crippen molar-refractivity contribution in [3.63, 3.8) is 0 Å². The maximum absolute atomic E-state index is 10.9. The largest absolute Gasteiger partial charge is 0.507 e. The molecule has 0 amide bonds. The van der Waals surface area contributed by atoms with Gasteiger partial charge in [0.2, 0.25) is 0 Å². The Bertz CT molecular complexity index is 456. The number of nitrogens with zero attached hydrogens (tertiary/aromatic N) is 1. The maximum Gasteiger partial charge on any atom is 0.339 e. The number of piperazine rings is 1. The highest BCUT2D eigenvalue weighted by molar-refractivity contribution is 5.91. The summed E-state index contributed by atoms with van der Waals surface area (Å²) in [4.78, 5) is 13.0. The van der Waals surface area contributed by atoms with Crippen LogP contribution >= 0.6 is 0 Å². The average Bonchev–Trinajstić information content (AvgIpc) is 2.33. The molecule has 18 heavy (non-hydrogen) atoms. The monoisotopic (exact) mass is 252 g/mol. The lowest BCUT2D eigenvalue weighted by atomic mass is 10.1. The fourth-order valence-corrected chi connectivity index (χ4v) is 2.03. The fraction of sp³-hybridized carbons (Fsp3) is 0.417. The first-order valence-electron chi connectivity index (χ1n) is 5.79. The Morgan fingerprint density at radius 3 is 2.50 bits per heavy atom. The summed E-state index contributed by atoms with van der Waals surface area (Å²) in [6.45, 7) is 3.94. The second-order valence-electron chi connectivity index (χ2n) is 4.33. The summed E-state index contributed by atoms with van der Waals surface area (Å²) in [6, 6.07) is 2.41. The Labute approximate surface area is 104 Å². The zero-order valence-electron chi connectivity index (χ0n) is 9.89. The lowest BCUT2D eigenvalue weighted by molar-refractivity contribution is 0.0693. The summed E-state index contributed by atoms with van der Waals surface area (Å²) in [7, 11) is 0. The first-order chi connectivity index (χ1) is 8.58. The first-order valence-corrected chi connectivity index (χ1v) is 5.79. The van der Waals surface area contributed by atoms with Crippen LogP contribution in [-0.4, -0.2) is 52.4 Å². The molecule has 1 aliphatic rings. The van der Waals surface area contributed by atoms with Gasteiger partial charge in [-0.3, -0.25) is 4.90 Å². The highest BCUT2D eigenvalue weighted by Gasteiger charge is 2.17. The quantitative estimate of drug-likeness (QED) is 0.614. The second kappa shape index (κ2) is 5.24. The van der Waals surface area contributed by atoms with Gasteiger partial charge < -0.3 is 20.6 Å². The number of hydrogen-bond donors (Lipinski definition) is 4. The predicted octanol–water partition coefficient (Wildman–Crippen LogP) is 0.201. The normalized spacial score (nSPS) is 16.7. The van der Waals surface area contributed by atoms with Gasteiger partial charge in [-0.25, -0.2) is 4.79 Å². The molecule has 1 aromatic rings. The van der Waals surface area contributed by atoms with Gasteiger partial charge in [0.05, 0.1) is 0 Å². The van der Waals surface area contributed by atoms with E-state index in [2.05, 4.69) is 10.2 Å². The van der Waals surface area contributed by atoms with Gasteiger partial charge in [0, 0.05) is 44.4 Å². The van der Waals surface area contributed by atoms with E-state index in [9.17, 15) is 15.0 Å². The average molecular weight is 252 g/mol. The van der Waals surface area contributed by atoms with Crippen LogP contribution in [0.25, 0.3) is 0 Å². The van der Waals surface area contributed by atoms with Gasteiger partial charge >= 0.3 is 5.97 Å². The molecule has 0 aliphatic carbocycles. The van der Waals surface area contributed by atoms with Crippen molar-refractivity contribution in [1.82, 2.24) is 10.2 Å². The third kappa shape index (κ3) is 2.72. The summed E-state index contributed by atoms with van der Waals surface area (Å²) in [5, 5.41) is 31.3. The van der Waals surface area contributed by atoms with E-state index in [0.717, 1.165) is 32.2 Å². The van der Waals surface area contributed by atoms with Crippen molar-refractivity contribution in [2.24, 2.45) is 0 Å². The standard InChI is InChI=1S/C12H16N2O4/c15-10-6-11(16)9(12(17)18)5-8(10)7-14-3-1-13-2-4-14/h5-6,13,15-16H,1-4,7H2,(H,17,18). The van der Waals surface area contributed by atoms with E-state index < -0.39 is 11.7 Å². The number of phenols is 2. The van der Waals surface area contributed by atoms with Gasteiger partial charge in [0.25, 0.3) is 0 Å². The summed E-state index contributed by atoms with van der Waals surface area (Å²) in [5.41, 5.74) is 0.338. The van der Waals surface area contributed by atoms with Crippen LogP contribution in [0.3, 0.4) is 0 Å². The molecule has 2 rings (SSSR count). The van der Waals surface area contributed by atoms with Crippen molar-refractivity contribution in [2.45, 2.75) is 6.54 Å². The van der Waals surface area contributed by atoms with Crippen LogP contribution in [0, 0.1) is 0 Å². The first kappa shape index (κ1) is 12.7. The molecule has 1 saturated heterocycles. The summed E-state index contributed by atoms with van der Waals surface area (Å²) in [5.74, 6) is -1.69. The molecule has 0 aromatic heterocycles. The minimum atomic E-state index is -1.20. The molecule has 0 spiro atoms. The molecular formula is C12H16N2O4. The zero-order valence-corrected chi connectivity index (χ0v) is 9.89. The van der Waals surface area contributed by atoms with Gasteiger partial charge in [-0.15, -0.1) is 0 Å². The van der Waals surface area contributed by atoms with Crippen LogP contribution in [0.5, 0.6) is 11.5 Å². The van der Waals surface area contributed by atoms with Gasteiger partial charge in [-0.1, -0.05) is 0 Å². The van der Waals surface area contributed by atoms with Crippen molar-refractivity contribution >= 4 is 5.97 Å². The van der Waals surface area contributed by atoms with Crippen LogP contribution in [0.1, 0.15) is 15.9 Å². The lowest BCUT2D eigenvalue weighted by Gasteiger charge is -2.27. The van der Waals surface area contributed by atoms with Crippen LogP contribution < -0.4 is 5.32 Å². The Balaban J connectivity index is 2.21. The summed E-state index contributed by atoms with van der Waals surface area (Å²) >= 11 is 0. The molecule has 6 nitrogen and oxygen atoms in total. The number of carbonyl (C=O) groups is 1. The fourth-order valence-electron chi connectivity index (χ4n) is 2.03. The molecular weight excluding hydrogens is 236 g/mol.